The zero-order chi connectivity index (χ0) is 22.9. The zero-order valence-corrected chi connectivity index (χ0v) is 19.1. The number of anilines is 1. The maximum absolute atomic E-state index is 13.4. The molecule has 1 N–H and O–H groups in total. The molecule has 32 heavy (non-hydrogen) atoms. The molecule has 2 heterocycles. The molecule has 0 saturated carbocycles. The smallest absolute Gasteiger partial charge is 0.326 e. The highest BCUT2D eigenvalue weighted by molar-refractivity contribution is 6.30. The highest BCUT2D eigenvalue weighted by atomic mass is 35.5. The summed E-state index contributed by atoms with van der Waals surface area (Å²) in [6.45, 7) is 6.70. The first-order valence-electron chi connectivity index (χ1n) is 10.8. The van der Waals surface area contributed by atoms with Gasteiger partial charge in [0.05, 0.1) is 6.67 Å². The summed E-state index contributed by atoms with van der Waals surface area (Å²) in [6, 6.07) is 14.3. The number of halogens is 1. The lowest BCUT2D eigenvalue weighted by molar-refractivity contribution is -0.133. The molecule has 0 spiro atoms. The van der Waals surface area contributed by atoms with E-state index in [4.69, 9.17) is 11.6 Å². The summed E-state index contributed by atoms with van der Waals surface area (Å²) in [5.41, 5.74) is 1.38. The first-order valence-corrected chi connectivity index (χ1v) is 11.2. The minimum absolute atomic E-state index is 0.0517. The average molecular weight is 455 g/mol. The second kappa shape index (κ2) is 8.92. The van der Waals surface area contributed by atoms with Gasteiger partial charge in [-0.1, -0.05) is 30.7 Å². The summed E-state index contributed by atoms with van der Waals surface area (Å²) in [6.07, 6.45) is 0.443. The molecule has 8 heteroatoms. The average Bonchev–Trinajstić information content (AvgIpc) is 3.05. The number of urea groups is 1. The molecule has 7 nitrogen and oxygen atoms in total. The van der Waals surface area contributed by atoms with E-state index in [9.17, 15) is 14.4 Å². The van der Waals surface area contributed by atoms with Crippen LogP contribution in [0.1, 0.15) is 36.2 Å². The van der Waals surface area contributed by atoms with Gasteiger partial charge in [0.25, 0.3) is 5.91 Å². The Bertz CT molecular complexity index is 1030. The Morgan fingerprint density at radius 3 is 2.34 bits per heavy atom. The van der Waals surface area contributed by atoms with Gasteiger partial charge in [0.2, 0.25) is 0 Å². The van der Waals surface area contributed by atoms with Crippen LogP contribution >= 0.6 is 11.6 Å². The number of ketones is 1. The number of nitrogens with zero attached hydrogens (tertiary/aromatic N) is 3. The molecule has 3 amide bonds. The minimum atomic E-state index is -1.08. The van der Waals surface area contributed by atoms with Gasteiger partial charge in [-0.15, -0.1) is 0 Å². The van der Waals surface area contributed by atoms with Crippen molar-refractivity contribution >= 4 is 35.0 Å². The van der Waals surface area contributed by atoms with E-state index in [2.05, 4.69) is 15.1 Å². The lowest BCUT2D eigenvalue weighted by Crippen LogP contribution is -2.51. The van der Waals surface area contributed by atoms with Gasteiger partial charge in [-0.05, 0) is 55.3 Å². The Morgan fingerprint density at radius 1 is 1.06 bits per heavy atom. The van der Waals surface area contributed by atoms with Crippen LogP contribution in [0, 0.1) is 0 Å². The van der Waals surface area contributed by atoms with Gasteiger partial charge in [0, 0.05) is 42.5 Å². The standard InChI is InChI=1S/C24H27ClN4O3/c1-3-24(19-5-4-6-20(25)15-19)22(31)29(23(32)26-24)16-27-11-13-28(14-12-27)21-9-7-18(8-10-21)17(2)30/h4-10,15H,3,11-14,16H2,1-2H3,(H,26,32). The van der Waals surface area contributed by atoms with E-state index in [-0.39, 0.29) is 24.4 Å². The fourth-order valence-corrected chi connectivity index (χ4v) is 4.59. The van der Waals surface area contributed by atoms with Crippen LogP contribution in [0.5, 0.6) is 0 Å². The van der Waals surface area contributed by atoms with Crippen molar-refractivity contribution in [1.82, 2.24) is 15.1 Å². The number of hydrogen-bond donors (Lipinski definition) is 1. The van der Waals surface area contributed by atoms with Gasteiger partial charge < -0.3 is 10.2 Å². The van der Waals surface area contributed by atoms with E-state index >= 15 is 0 Å². The predicted octanol–water partition coefficient (Wildman–Crippen LogP) is 3.48. The van der Waals surface area contributed by atoms with Crippen molar-refractivity contribution in [2.24, 2.45) is 0 Å². The Morgan fingerprint density at radius 2 is 1.75 bits per heavy atom. The molecule has 1 unspecified atom stereocenters. The fourth-order valence-electron chi connectivity index (χ4n) is 4.40. The first-order chi connectivity index (χ1) is 15.3. The molecular weight excluding hydrogens is 428 g/mol. The third kappa shape index (κ3) is 4.10. The van der Waals surface area contributed by atoms with Crippen molar-refractivity contribution in [1.29, 1.82) is 0 Å². The van der Waals surface area contributed by atoms with E-state index in [1.165, 1.54) is 4.90 Å². The number of carbonyl (C=O) groups excluding carboxylic acids is 3. The number of amides is 3. The summed E-state index contributed by atoms with van der Waals surface area (Å²) in [5, 5.41) is 3.44. The van der Waals surface area contributed by atoms with Gasteiger partial charge in [-0.3, -0.25) is 14.5 Å². The summed E-state index contributed by atoms with van der Waals surface area (Å²) in [5.74, 6) is -0.189. The Hall–Kier alpha value is -2.90. The van der Waals surface area contributed by atoms with Crippen molar-refractivity contribution in [3.05, 3.63) is 64.7 Å². The van der Waals surface area contributed by atoms with Crippen LogP contribution in [0.4, 0.5) is 10.5 Å². The summed E-state index contributed by atoms with van der Waals surface area (Å²) >= 11 is 6.14. The maximum atomic E-state index is 13.4. The Balaban J connectivity index is 1.41. The van der Waals surface area contributed by atoms with Crippen molar-refractivity contribution in [3.8, 4) is 0 Å². The number of nitrogens with one attached hydrogen (secondary N) is 1. The predicted molar refractivity (Wildman–Crippen MR) is 124 cm³/mol. The number of piperazine rings is 1. The monoisotopic (exact) mass is 454 g/mol. The first kappa shape index (κ1) is 22.3. The van der Waals surface area contributed by atoms with E-state index in [1.807, 2.05) is 37.3 Å². The lowest BCUT2D eigenvalue weighted by Gasteiger charge is -2.37. The number of imide groups is 1. The van der Waals surface area contributed by atoms with Crippen LogP contribution in [-0.4, -0.2) is 60.4 Å². The molecule has 2 fully saturated rings. The summed E-state index contributed by atoms with van der Waals surface area (Å²) in [4.78, 5) is 43.3. The van der Waals surface area contributed by atoms with Crippen LogP contribution in [-0.2, 0) is 10.3 Å². The number of benzene rings is 2. The van der Waals surface area contributed by atoms with Crippen molar-refractivity contribution < 1.29 is 14.4 Å². The highest BCUT2D eigenvalue weighted by Crippen LogP contribution is 2.33. The molecule has 2 aromatic rings. The van der Waals surface area contributed by atoms with Crippen LogP contribution in [0.2, 0.25) is 5.02 Å². The number of carbonyl (C=O) groups is 3. The normalized spacial score (nSPS) is 21.7. The Kier molecular flexibility index (Phi) is 6.22. The van der Waals surface area contributed by atoms with Crippen molar-refractivity contribution in [2.45, 2.75) is 25.8 Å². The van der Waals surface area contributed by atoms with Gasteiger partial charge >= 0.3 is 6.03 Å². The number of rotatable bonds is 6. The van der Waals surface area contributed by atoms with Crippen LogP contribution in [0.25, 0.3) is 0 Å². The second-order valence-electron chi connectivity index (χ2n) is 8.28. The quantitative estimate of drug-likeness (QED) is 0.534. The summed E-state index contributed by atoms with van der Waals surface area (Å²) in [7, 11) is 0. The van der Waals surface area contributed by atoms with E-state index in [0.29, 0.717) is 22.6 Å². The topological polar surface area (TPSA) is 73.0 Å². The van der Waals surface area contributed by atoms with E-state index in [0.717, 1.165) is 31.9 Å². The van der Waals surface area contributed by atoms with E-state index < -0.39 is 5.54 Å². The van der Waals surface area contributed by atoms with Gasteiger partial charge in [0.15, 0.2) is 5.78 Å². The lowest BCUT2D eigenvalue weighted by atomic mass is 9.87. The van der Waals surface area contributed by atoms with Crippen LogP contribution in [0.15, 0.2) is 48.5 Å². The molecule has 0 aromatic heterocycles. The highest BCUT2D eigenvalue weighted by Gasteiger charge is 2.51. The molecule has 1 atom stereocenters. The minimum Gasteiger partial charge on any atom is -0.369 e. The van der Waals surface area contributed by atoms with E-state index in [1.54, 1.807) is 25.1 Å². The van der Waals surface area contributed by atoms with Crippen molar-refractivity contribution in [2.75, 3.05) is 37.7 Å². The van der Waals surface area contributed by atoms with Crippen LogP contribution < -0.4 is 10.2 Å². The largest absolute Gasteiger partial charge is 0.369 e. The SMILES string of the molecule is CCC1(c2cccc(Cl)c2)NC(=O)N(CN2CCN(c3ccc(C(C)=O)cc3)CC2)C1=O. The molecule has 2 aromatic carbocycles. The van der Waals surface area contributed by atoms with Crippen LogP contribution in [0.3, 0.4) is 0 Å². The zero-order valence-electron chi connectivity index (χ0n) is 18.3. The van der Waals surface area contributed by atoms with Gasteiger partial charge in [0.1, 0.15) is 5.54 Å². The maximum Gasteiger partial charge on any atom is 0.326 e. The molecule has 4 rings (SSSR count). The summed E-state index contributed by atoms with van der Waals surface area (Å²) < 4.78 is 0. The van der Waals surface area contributed by atoms with Gasteiger partial charge in [-0.25, -0.2) is 9.69 Å². The molecule has 0 radical (unpaired) electrons. The molecule has 168 valence electrons. The molecule has 2 aliphatic rings. The third-order valence-corrected chi connectivity index (χ3v) is 6.61. The number of Topliss-reactive ketones (excluding diaryl/α,β-unsaturated/α-hetero) is 1. The molecule has 0 bridgehead atoms. The molecule has 0 aliphatic carbocycles. The molecule has 2 saturated heterocycles. The van der Waals surface area contributed by atoms with Crippen molar-refractivity contribution in [3.63, 3.8) is 0 Å². The van der Waals surface area contributed by atoms with Gasteiger partial charge in [-0.2, -0.15) is 0 Å². The fraction of sp³-hybridized carbons (Fsp3) is 0.375. The second-order valence-corrected chi connectivity index (χ2v) is 8.72. The molecular formula is C24H27ClN4O3. The third-order valence-electron chi connectivity index (χ3n) is 6.38. The molecule has 2 aliphatic heterocycles. The number of hydrogen-bond acceptors (Lipinski definition) is 5. The Labute approximate surface area is 192 Å².